The summed E-state index contributed by atoms with van der Waals surface area (Å²) >= 11 is 1.35. The predicted octanol–water partition coefficient (Wildman–Crippen LogP) is 4.06. The largest absolute Gasteiger partial charge is 0.462 e. The molecule has 2 aromatic heterocycles. The number of aromatic nitrogens is 3. The van der Waals surface area contributed by atoms with Crippen molar-refractivity contribution in [1.82, 2.24) is 15.0 Å². The number of nitrogens with zero attached hydrogens (tertiary/aromatic N) is 3. The zero-order chi connectivity index (χ0) is 20.6. The number of carbonyl (C=O) groups excluding carboxylic acids is 2. The van der Waals surface area contributed by atoms with Crippen molar-refractivity contribution in [2.24, 2.45) is 0 Å². The second-order valence-corrected chi connectivity index (χ2v) is 7.34. The van der Waals surface area contributed by atoms with Crippen LogP contribution in [0.5, 0.6) is 0 Å². The minimum absolute atomic E-state index is 0.0132. The molecular formula is C21H24N4O3S. The molecule has 0 saturated carbocycles. The van der Waals surface area contributed by atoms with Crippen molar-refractivity contribution in [2.75, 3.05) is 23.8 Å². The van der Waals surface area contributed by atoms with Gasteiger partial charge in [0.25, 0.3) is 0 Å². The minimum Gasteiger partial charge on any atom is -0.462 e. The second-order valence-electron chi connectivity index (χ2n) is 6.37. The van der Waals surface area contributed by atoms with Crippen molar-refractivity contribution in [1.29, 1.82) is 0 Å². The van der Waals surface area contributed by atoms with Gasteiger partial charge in [0.2, 0.25) is 5.91 Å². The van der Waals surface area contributed by atoms with Crippen molar-refractivity contribution in [3.63, 3.8) is 0 Å². The first-order chi connectivity index (χ1) is 14.1. The summed E-state index contributed by atoms with van der Waals surface area (Å²) in [6.07, 6.45) is 3.56. The van der Waals surface area contributed by atoms with Crippen molar-refractivity contribution < 1.29 is 14.3 Å². The molecule has 0 fully saturated rings. The first-order valence-corrected chi connectivity index (χ1v) is 10.6. The summed E-state index contributed by atoms with van der Waals surface area (Å²) in [6, 6.07) is 10.7. The number of thioether (sulfide) groups is 1. The molecule has 1 aromatic carbocycles. The van der Waals surface area contributed by atoms with Crippen LogP contribution in [-0.4, -0.2) is 45.7 Å². The molecule has 1 N–H and O–H groups in total. The van der Waals surface area contributed by atoms with Crippen molar-refractivity contribution >= 4 is 40.5 Å². The zero-order valence-electron chi connectivity index (χ0n) is 16.6. The standard InChI is InChI=1S/C21H24N4O3S/c1-3-5-13-25(16-10-8-15(9-11-16)20(27)28-4-2)18(26)14-29-21-23-17-7-6-12-22-19(17)24-21/h6-12H,3-5,13-14H2,1-2H3,(H,22,23,24). The van der Waals surface area contributed by atoms with Crippen LogP contribution in [0.15, 0.2) is 47.8 Å². The number of esters is 1. The lowest BCUT2D eigenvalue weighted by molar-refractivity contribution is -0.116. The van der Waals surface area contributed by atoms with Crippen LogP contribution in [0.4, 0.5) is 5.69 Å². The molecule has 0 saturated heterocycles. The number of ether oxygens (including phenoxy) is 1. The third-order valence-corrected chi connectivity index (χ3v) is 5.15. The highest BCUT2D eigenvalue weighted by Crippen LogP contribution is 2.22. The number of rotatable bonds is 9. The summed E-state index contributed by atoms with van der Waals surface area (Å²) in [4.78, 5) is 38.3. The Hall–Kier alpha value is -2.87. The predicted molar refractivity (Wildman–Crippen MR) is 114 cm³/mol. The third-order valence-electron chi connectivity index (χ3n) is 4.29. The first kappa shape index (κ1) is 20.9. The van der Waals surface area contributed by atoms with Gasteiger partial charge in [-0.25, -0.2) is 14.8 Å². The van der Waals surface area contributed by atoms with E-state index in [0.717, 1.165) is 24.0 Å². The third kappa shape index (κ3) is 5.35. The zero-order valence-corrected chi connectivity index (χ0v) is 17.4. The molecule has 0 aliphatic carbocycles. The number of hydrogen-bond donors (Lipinski definition) is 1. The number of imidazole rings is 1. The van der Waals surface area contributed by atoms with Gasteiger partial charge in [-0.2, -0.15) is 0 Å². The lowest BCUT2D eigenvalue weighted by Gasteiger charge is -2.22. The highest BCUT2D eigenvalue weighted by Gasteiger charge is 2.17. The molecular weight excluding hydrogens is 388 g/mol. The van der Waals surface area contributed by atoms with E-state index < -0.39 is 0 Å². The summed E-state index contributed by atoms with van der Waals surface area (Å²) in [5, 5.41) is 0.667. The van der Waals surface area contributed by atoms with Crippen LogP contribution in [0, 0.1) is 0 Å². The normalized spacial score (nSPS) is 10.8. The van der Waals surface area contributed by atoms with E-state index in [2.05, 4.69) is 21.9 Å². The Morgan fingerprint density at radius 2 is 1.97 bits per heavy atom. The van der Waals surface area contributed by atoms with Gasteiger partial charge in [-0.3, -0.25) is 4.79 Å². The number of amides is 1. The Labute approximate surface area is 173 Å². The Morgan fingerprint density at radius 1 is 1.17 bits per heavy atom. The van der Waals surface area contributed by atoms with Gasteiger partial charge in [0.1, 0.15) is 0 Å². The number of fused-ring (bicyclic) bond motifs is 1. The molecule has 152 valence electrons. The first-order valence-electron chi connectivity index (χ1n) is 9.63. The molecule has 3 aromatic rings. The lowest BCUT2D eigenvalue weighted by Crippen LogP contribution is -2.33. The molecule has 0 bridgehead atoms. The summed E-state index contributed by atoms with van der Waals surface area (Å²) < 4.78 is 5.01. The molecule has 0 aliphatic heterocycles. The number of carbonyl (C=O) groups is 2. The number of hydrogen-bond acceptors (Lipinski definition) is 6. The highest BCUT2D eigenvalue weighted by molar-refractivity contribution is 7.99. The van der Waals surface area contributed by atoms with E-state index in [1.165, 1.54) is 11.8 Å². The van der Waals surface area contributed by atoms with Crippen LogP contribution in [0.25, 0.3) is 11.2 Å². The maximum absolute atomic E-state index is 12.9. The fourth-order valence-corrected chi connectivity index (χ4v) is 3.55. The SMILES string of the molecule is CCCCN(C(=O)CSc1nc2ncccc2[nH]1)c1ccc(C(=O)OCC)cc1. The topological polar surface area (TPSA) is 88.2 Å². The van der Waals surface area contributed by atoms with Crippen LogP contribution < -0.4 is 4.90 Å². The van der Waals surface area contributed by atoms with E-state index in [4.69, 9.17) is 4.74 Å². The molecule has 0 atom stereocenters. The number of anilines is 1. The van der Waals surface area contributed by atoms with E-state index >= 15 is 0 Å². The minimum atomic E-state index is -0.362. The van der Waals surface area contributed by atoms with Gasteiger partial charge in [-0.15, -0.1) is 0 Å². The molecule has 0 unspecified atom stereocenters. The van der Waals surface area contributed by atoms with Crippen LogP contribution in [-0.2, 0) is 9.53 Å². The number of nitrogens with one attached hydrogen (secondary N) is 1. The number of H-pyrrole nitrogens is 1. The quantitative estimate of drug-likeness (QED) is 0.421. The Morgan fingerprint density at radius 3 is 2.66 bits per heavy atom. The number of aromatic amines is 1. The van der Waals surface area contributed by atoms with Gasteiger partial charge in [-0.05, 0) is 49.7 Å². The van der Waals surface area contributed by atoms with Crippen LogP contribution in [0.1, 0.15) is 37.0 Å². The molecule has 2 heterocycles. The average Bonchev–Trinajstić information content (AvgIpc) is 3.16. The van der Waals surface area contributed by atoms with Gasteiger partial charge in [0.15, 0.2) is 10.8 Å². The summed E-state index contributed by atoms with van der Waals surface area (Å²) in [5.74, 6) is -0.122. The Balaban J connectivity index is 1.69. The molecule has 0 aliphatic rings. The maximum atomic E-state index is 12.9. The molecule has 0 radical (unpaired) electrons. The van der Waals surface area contributed by atoms with E-state index in [9.17, 15) is 9.59 Å². The fraction of sp³-hybridized carbons (Fsp3) is 0.333. The molecule has 7 nitrogen and oxygen atoms in total. The average molecular weight is 413 g/mol. The monoisotopic (exact) mass is 412 g/mol. The lowest BCUT2D eigenvalue weighted by atomic mass is 10.2. The van der Waals surface area contributed by atoms with E-state index in [-0.39, 0.29) is 17.6 Å². The molecule has 0 spiro atoms. The van der Waals surface area contributed by atoms with E-state index in [1.54, 1.807) is 42.3 Å². The number of unbranched alkanes of at least 4 members (excludes halogenated alkanes) is 1. The van der Waals surface area contributed by atoms with Gasteiger partial charge in [-0.1, -0.05) is 25.1 Å². The molecule has 29 heavy (non-hydrogen) atoms. The van der Waals surface area contributed by atoms with Crippen molar-refractivity contribution in [3.8, 4) is 0 Å². The summed E-state index contributed by atoms with van der Waals surface area (Å²) in [7, 11) is 0. The van der Waals surface area contributed by atoms with Crippen LogP contribution in [0.3, 0.4) is 0 Å². The Kier molecular flexibility index (Phi) is 7.24. The smallest absolute Gasteiger partial charge is 0.338 e. The maximum Gasteiger partial charge on any atom is 0.338 e. The number of pyridine rings is 1. The summed E-state index contributed by atoms with van der Waals surface area (Å²) in [6.45, 7) is 4.81. The highest BCUT2D eigenvalue weighted by atomic mass is 32.2. The Bertz CT molecular complexity index is 938. The second kappa shape index (κ2) is 10.1. The molecule has 8 heteroatoms. The summed E-state index contributed by atoms with van der Waals surface area (Å²) in [5.41, 5.74) is 2.73. The fourth-order valence-electron chi connectivity index (χ4n) is 2.81. The van der Waals surface area contributed by atoms with Gasteiger partial charge in [0.05, 0.1) is 23.4 Å². The van der Waals surface area contributed by atoms with Crippen LogP contribution >= 0.6 is 11.8 Å². The molecule has 1 amide bonds. The van der Waals surface area contributed by atoms with Gasteiger partial charge in [0, 0.05) is 18.4 Å². The van der Waals surface area contributed by atoms with Gasteiger partial charge >= 0.3 is 5.97 Å². The number of benzene rings is 1. The van der Waals surface area contributed by atoms with Crippen molar-refractivity contribution in [2.45, 2.75) is 31.8 Å². The van der Waals surface area contributed by atoms with Crippen molar-refractivity contribution in [3.05, 3.63) is 48.2 Å². The van der Waals surface area contributed by atoms with E-state index in [1.807, 2.05) is 12.1 Å². The molecule has 3 rings (SSSR count). The van der Waals surface area contributed by atoms with Gasteiger partial charge < -0.3 is 14.6 Å². The van der Waals surface area contributed by atoms with Crippen LogP contribution in [0.2, 0.25) is 0 Å². The van der Waals surface area contributed by atoms with E-state index in [0.29, 0.717) is 29.5 Å².